The van der Waals surface area contributed by atoms with E-state index in [1.165, 1.54) is 6.07 Å². The first-order valence-electron chi connectivity index (χ1n) is 10.3. The first-order valence-corrected chi connectivity index (χ1v) is 10.3. The molecule has 0 saturated heterocycles. The van der Waals surface area contributed by atoms with E-state index in [-0.39, 0.29) is 36.3 Å². The Morgan fingerprint density at radius 1 is 1.23 bits per heavy atom. The van der Waals surface area contributed by atoms with Crippen molar-refractivity contribution in [2.24, 2.45) is 0 Å². The van der Waals surface area contributed by atoms with Crippen LogP contribution in [-0.4, -0.2) is 46.2 Å². The van der Waals surface area contributed by atoms with E-state index < -0.39 is 30.1 Å². The summed E-state index contributed by atoms with van der Waals surface area (Å²) in [5.41, 5.74) is -0.226. The van der Waals surface area contributed by atoms with E-state index in [1.807, 2.05) is 13.8 Å². The first kappa shape index (κ1) is 24.1. The normalized spacial score (nSPS) is 15.6. The Labute approximate surface area is 174 Å². The van der Waals surface area contributed by atoms with Gasteiger partial charge < -0.3 is 15.2 Å². The Balaban J connectivity index is 2.18. The molecular formula is C21H29F3N2O4. The van der Waals surface area contributed by atoms with Crippen LogP contribution in [-0.2, 0) is 4.79 Å². The van der Waals surface area contributed by atoms with Gasteiger partial charge in [-0.2, -0.15) is 13.2 Å². The highest BCUT2D eigenvalue weighted by Gasteiger charge is 2.38. The quantitative estimate of drug-likeness (QED) is 0.556. The summed E-state index contributed by atoms with van der Waals surface area (Å²) in [6.07, 6.45) is -4.86. The largest absolute Gasteiger partial charge is 0.477 e. The second-order valence-electron chi connectivity index (χ2n) is 7.58. The number of Topliss-reactive ketones (excluding diaryl/α,β-unsaturated/α-hetero) is 1. The molecule has 2 N–H and O–H groups in total. The molecule has 1 saturated carbocycles. The standard InChI is InChI=1S/C21H29F3N2O4/c1-4-16(27)20(5-2,6-3)26-18(29)15-10-9-14(13-7-8-13)19(25-15)30-12-11-17(28)21(22,23)24/h9-10,13,17,28H,4-8,11-12H2,1-3H3,(H,26,29)/t17-/m1/s1. The van der Waals surface area contributed by atoms with Gasteiger partial charge in [0.2, 0.25) is 5.88 Å². The molecule has 0 spiro atoms. The fourth-order valence-electron chi connectivity index (χ4n) is 3.34. The summed E-state index contributed by atoms with van der Waals surface area (Å²) in [7, 11) is 0. The minimum atomic E-state index is -4.71. The zero-order valence-electron chi connectivity index (χ0n) is 17.5. The van der Waals surface area contributed by atoms with Crippen molar-refractivity contribution in [3.63, 3.8) is 0 Å². The summed E-state index contributed by atoms with van der Waals surface area (Å²) in [6.45, 7) is 4.99. The van der Waals surface area contributed by atoms with E-state index in [1.54, 1.807) is 13.0 Å². The molecule has 0 bridgehead atoms. The van der Waals surface area contributed by atoms with Crippen LogP contribution < -0.4 is 10.1 Å². The molecule has 1 aromatic rings. The Morgan fingerprint density at radius 3 is 2.37 bits per heavy atom. The SMILES string of the molecule is CCC(=O)C(CC)(CC)NC(=O)c1ccc(C2CC2)c(OCC[C@@H](O)C(F)(F)F)n1. The number of pyridine rings is 1. The van der Waals surface area contributed by atoms with Gasteiger partial charge in [0, 0.05) is 18.4 Å². The number of aliphatic hydroxyl groups is 1. The van der Waals surface area contributed by atoms with E-state index >= 15 is 0 Å². The second kappa shape index (κ2) is 9.76. The van der Waals surface area contributed by atoms with Crippen LogP contribution in [0.1, 0.15) is 81.3 Å². The van der Waals surface area contributed by atoms with Gasteiger partial charge in [-0.1, -0.05) is 26.8 Å². The number of nitrogens with one attached hydrogen (secondary N) is 1. The molecule has 1 atom stereocenters. The smallest absolute Gasteiger partial charge is 0.414 e. The number of nitrogens with zero attached hydrogens (tertiary/aromatic N) is 1. The van der Waals surface area contributed by atoms with Crippen LogP contribution in [0, 0.1) is 0 Å². The van der Waals surface area contributed by atoms with E-state index in [0.29, 0.717) is 12.8 Å². The number of aliphatic hydroxyl groups excluding tert-OH is 1. The number of ether oxygens (including phenoxy) is 1. The van der Waals surface area contributed by atoms with Crippen molar-refractivity contribution in [2.45, 2.75) is 83.0 Å². The molecule has 0 aromatic carbocycles. The molecule has 0 radical (unpaired) electrons. The maximum absolute atomic E-state index is 12.8. The van der Waals surface area contributed by atoms with E-state index in [2.05, 4.69) is 10.3 Å². The molecule has 1 aliphatic carbocycles. The molecular weight excluding hydrogens is 401 g/mol. The molecule has 0 aliphatic heterocycles. The number of hydrogen-bond donors (Lipinski definition) is 2. The van der Waals surface area contributed by atoms with Gasteiger partial charge in [-0.25, -0.2) is 4.98 Å². The highest BCUT2D eigenvalue weighted by Crippen LogP contribution is 2.43. The Morgan fingerprint density at radius 2 is 1.87 bits per heavy atom. The highest BCUT2D eigenvalue weighted by atomic mass is 19.4. The van der Waals surface area contributed by atoms with Gasteiger partial charge in [0.15, 0.2) is 11.9 Å². The van der Waals surface area contributed by atoms with Crippen molar-refractivity contribution >= 4 is 11.7 Å². The first-order chi connectivity index (χ1) is 14.1. The minimum Gasteiger partial charge on any atom is -0.477 e. The zero-order valence-corrected chi connectivity index (χ0v) is 17.5. The molecule has 1 aliphatic rings. The minimum absolute atomic E-state index is 0.0287. The third-order valence-corrected chi connectivity index (χ3v) is 5.56. The average Bonchev–Trinajstić information content (AvgIpc) is 3.55. The maximum Gasteiger partial charge on any atom is 0.414 e. The van der Waals surface area contributed by atoms with E-state index in [0.717, 1.165) is 18.4 Å². The summed E-state index contributed by atoms with van der Waals surface area (Å²) in [5.74, 6) is -0.319. The van der Waals surface area contributed by atoms with Crippen LogP contribution in [0.3, 0.4) is 0 Å². The van der Waals surface area contributed by atoms with Gasteiger partial charge in [0.1, 0.15) is 5.69 Å². The molecule has 9 heteroatoms. The van der Waals surface area contributed by atoms with Crippen molar-refractivity contribution in [3.8, 4) is 5.88 Å². The second-order valence-corrected chi connectivity index (χ2v) is 7.58. The fraction of sp³-hybridized carbons (Fsp3) is 0.667. The molecule has 1 heterocycles. The van der Waals surface area contributed by atoms with Crippen molar-refractivity contribution in [3.05, 3.63) is 23.4 Å². The van der Waals surface area contributed by atoms with Gasteiger partial charge in [0.25, 0.3) is 5.91 Å². The van der Waals surface area contributed by atoms with Crippen LogP contribution >= 0.6 is 0 Å². The molecule has 168 valence electrons. The number of alkyl halides is 3. The maximum atomic E-state index is 12.8. The number of carbonyl (C=O) groups excluding carboxylic acids is 2. The number of ketones is 1. The lowest BCUT2D eigenvalue weighted by atomic mass is 9.86. The third kappa shape index (κ3) is 5.71. The summed E-state index contributed by atoms with van der Waals surface area (Å²) >= 11 is 0. The fourth-order valence-corrected chi connectivity index (χ4v) is 3.34. The monoisotopic (exact) mass is 430 g/mol. The van der Waals surface area contributed by atoms with Gasteiger partial charge >= 0.3 is 6.18 Å². The van der Waals surface area contributed by atoms with Crippen LogP contribution in [0.25, 0.3) is 0 Å². The molecule has 1 fully saturated rings. The van der Waals surface area contributed by atoms with Crippen molar-refractivity contribution in [2.75, 3.05) is 6.61 Å². The van der Waals surface area contributed by atoms with Crippen molar-refractivity contribution in [1.29, 1.82) is 0 Å². The number of rotatable bonds is 11. The Bertz CT molecular complexity index is 759. The zero-order chi connectivity index (χ0) is 22.5. The van der Waals surface area contributed by atoms with Crippen molar-refractivity contribution in [1.82, 2.24) is 10.3 Å². The van der Waals surface area contributed by atoms with Crippen LogP contribution in [0.5, 0.6) is 5.88 Å². The third-order valence-electron chi connectivity index (χ3n) is 5.56. The van der Waals surface area contributed by atoms with E-state index in [9.17, 15) is 22.8 Å². The number of hydrogen-bond acceptors (Lipinski definition) is 5. The summed E-state index contributed by atoms with van der Waals surface area (Å²) in [4.78, 5) is 29.4. The lowest BCUT2D eigenvalue weighted by Gasteiger charge is -2.31. The highest BCUT2D eigenvalue weighted by molar-refractivity contribution is 5.98. The molecule has 30 heavy (non-hydrogen) atoms. The molecule has 2 rings (SSSR count). The van der Waals surface area contributed by atoms with Crippen LogP contribution in [0.4, 0.5) is 13.2 Å². The van der Waals surface area contributed by atoms with Crippen LogP contribution in [0.15, 0.2) is 12.1 Å². The number of carbonyl (C=O) groups is 2. The summed E-state index contributed by atoms with van der Waals surface area (Å²) in [5, 5.41) is 11.9. The average molecular weight is 430 g/mol. The lowest BCUT2D eigenvalue weighted by Crippen LogP contribution is -2.53. The molecule has 6 nitrogen and oxygen atoms in total. The predicted octanol–water partition coefficient (Wildman–Crippen LogP) is 3.92. The lowest BCUT2D eigenvalue weighted by molar-refractivity contribution is -0.206. The van der Waals surface area contributed by atoms with Gasteiger partial charge in [-0.15, -0.1) is 0 Å². The predicted molar refractivity (Wildman–Crippen MR) is 104 cm³/mol. The summed E-state index contributed by atoms with van der Waals surface area (Å²) < 4.78 is 42.9. The topological polar surface area (TPSA) is 88.5 Å². The number of halogens is 3. The van der Waals surface area contributed by atoms with Crippen molar-refractivity contribution < 1.29 is 32.6 Å². The van der Waals surface area contributed by atoms with E-state index in [4.69, 9.17) is 9.84 Å². The number of aromatic nitrogens is 1. The van der Waals surface area contributed by atoms with Gasteiger partial charge in [0.05, 0.1) is 12.1 Å². The molecule has 1 amide bonds. The summed E-state index contributed by atoms with van der Waals surface area (Å²) in [6, 6.07) is 3.23. The Hall–Kier alpha value is -2.16. The van der Waals surface area contributed by atoms with Gasteiger partial charge in [-0.3, -0.25) is 9.59 Å². The molecule has 1 aromatic heterocycles. The number of amides is 1. The van der Waals surface area contributed by atoms with Gasteiger partial charge in [-0.05, 0) is 37.7 Å². The Kier molecular flexibility index (Phi) is 7.85. The van der Waals surface area contributed by atoms with Crippen LogP contribution in [0.2, 0.25) is 0 Å². The molecule has 0 unspecified atom stereocenters.